The molecule has 0 unspecified atom stereocenters. The Hall–Kier alpha value is -4.03. The molecule has 160 valence electrons. The van der Waals surface area contributed by atoms with Crippen molar-refractivity contribution in [2.45, 2.75) is 11.6 Å². The SMILES string of the molecule is C#Cc1ccnc2[nH]cc(C(=O)c3cccc(NS(=O)(=O)c4ccc(CF)cc4)c3F)c12. The molecule has 0 radical (unpaired) electrons. The number of nitrogens with zero attached hydrogens (tertiary/aromatic N) is 1. The van der Waals surface area contributed by atoms with Crippen molar-refractivity contribution in [1.29, 1.82) is 0 Å². The number of sulfonamides is 1. The van der Waals surface area contributed by atoms with Crippen molar-refractivity contribution in [3.63, 3.8) is 0 Å². The fourth-order valence-electron chi connectivity index (χ4n) is 3.25. The number of aromatic nitrogens is 2. The van der Waals surface area contributed by atoms with E-state index < -0.39 is 34.0 Å². The maximum Gasteiger partial charge on any atom is 0.261 e. The molecule has 32 heavy (non-hydrogen) atoms. The van der Waals surface area contributed by atoms with Crippen LogP contribution in [0.2, 0.25) is 0 Å². The Bertz CT molecular complexity index is 1490. The molecule has 0 fully saturated rings. The van der Waals surface area contributed by atoms with E-state index in [2.05, 4.69) is 20.6 Å². The van der Waals surface area contributed by atoms with Gasteiger partial charge in [0.2, 0.25) is 0 Å². The van der Waals surface area contributed by atoms with Gasteiger partial charge in [0.15, 0.2) is 11.6 Å². The van der Waals surface area contributed by atoms with Crippen molar-refractivity contribution >= 4 is 32.5 Å². The third kappa shape index (κ3) is 3.72. The normalized spacial score (nSPS) is 11.3. The Morgan fingerprint density at radius 2 is 1.88 bits per heavy atom. The second-order valence-electron chi connectivity index (χ2n) is 6.81. The number of hydrogen-bond donors (Lipinski definition) is 2. The maximum absolute atomic E-state index is 15.2. The van der Waals surface area contributed by atoms with Crippen LogP contribution in [0.4, 0.5) is 14.5 Å². The van der Waals surface area contributed by atoms with Gasteiger partial charge in [-0.2, -0.15) is 0 Å². The molecule has 4 aromatic rings. The molecule has 0 saturated heterocycles. The molecule has 2 heterocycles. The summed E-state index contributed by atoms with van der Waals surface area (Å²) in [7, 11) is -4.17. The molecular formula is C23H15F2N3O3S. The molecule has 0 aliphatic heterocycles. The molecule has 2 aromatic carbocycles. The topological polar surface area (TPSA) is 91.9 Å². The lowest BCUT2D eigenvalue weighted by molar-refractivity contribution is 0.103. The van der Waals surface area contributed by atoms with Crippen LogP contribution in [0.15, 0.2) is 65.8 Å². The monoisotopic (exact) mass is 451 g/mol. The number of aromatic amines is 1. The van der Waals surface area contributed by atoms with Gasteiger partial charge < -0.3 is 4.98 Å². The summed E-state index contributed by atoms with van der Waals surface area (Å²) < 4.78 is 55.3. The van der Waals surface area contributed by atoms with Gasteiger partial charge in [-0.15, -0.1) is 6.42 Å². The molecule has 2 aromatic heterocycles. The van der Waals surface area contributed by atoms with Gasteiger partial charge in [-0.3, -0.25) is 9.52 Å². The minimum atomic E-state index is -4.17. The molecule has 0 spiro atoms. The van der Waals surface area contributed by atoms with Gasteiger partial charge >= 0.3 is 0 Å². The molecule has 4 rings (SSSR count). The average Bonchev–Trinajstić information content (AvgIpc) is 3.24. The Labute approximate surface area is 182 Å². The summed E-state index contributed by atoms with van der Waals surface area (Å²) in [4.78, 5) is 19.9. The van der Waals surface area contributed by atoms with Crippen LogP contribution in [0.1, 0.15) is 27.0 Å². The van der Waals surface area contributed by atoms with E-state index in [0.717, 1.165) is 0 Å². The third-order valence-corrected chi connectivity index (χ3v) is 6.23. The number of pyridine rings is 1. The highest BCUT2D eigenvalue weighted by Crippen LogP contribution is 2.27. The number of halogens is 2. The van der Waals surface area contributed by atoms with Gasteiger partial charge in [-0.1, -0.05) is 24.1 Å². The standard InChI is InChI=1S/C23H15F2N3O3S/c1-2-15-10-11-26-23-20(15)18(13-27-23)22(29)17-4-3-5-19(21(17)25)28-32(30,31)16-8-6-14(12-24)7-9-16/h1,3-11,13,28H,12H2,(H,26,27). The summed E-state index contributed by atoms with van der Waals surface area (Å²) in [5.74, 6) is 0.737. The van der Waals surface area contributed by atoms with Crippen LogP contribution in [0.25, 0.3) is 11.0 Å². The number of hydrogen-bond acceptors (Lipinski definition) is 4. The summed E-state index contributed by atoms with van der Waals surface area (Å²) in [6.07, 6.45) is 8.37. The molecule has 9 heteroatoms. The maximum atomic E-state index is 15.2. The first-order valence-corrected chi connectivity index (χ1v) is 10.8. The predicted octanol–water partition coefficient (Wildman–Crippen LogP) is 4.18. The number of nitrogens with one attached hydrogen (secondary N) is 2. The van der Waals surface area contributed by atoms with E-state index in [9.17, 15) is 17.6 Å². The molecule has 0 amide bonds. The van der Waals surface area contributed by atoms with Crippen molar-refractivity contribution < 1.29 is 22.0 Å². The average molecular weight is 451 g/mol. The zero-order chi connectivity index (χ0) is 22.9. The van der Waals surface area contributed by atoms with E-state index in [4.69, 9.17) is 6.42 Å². The third-order valence-electron chi connectivity index (χ3n) is 4.85. The molecule has 0 aliphatic carbocycles. The van der Waals surface area contributed by atoms with Gasteiger partial charge in [0.05, 0.1) is 21.7 Å². The van der Waals surface area contributed by atoms with Crippen molar-refractivity contribution in [2.24, 2.45) is 0 Å². The Morgan fingerprint density at radius 1 is 1.12 bits per heavy atom. The van der Waals surface area contributed by atoms with E-state index in [1.54, 1.807) is 6.07 Å². The summed E-state index contributed by atoms with van der Waals surface area (Å²) in [6.45, 7) is -0.739. The number of fused-ring (bicyclic) bond motifs is 1. The van der Waals surface area contributed by atoms with E-state index in [1.165, 1.54) is 54.9 Å². The number of ketones is 1. The molecule has 0 bridgehead atoms. The van der Waals surface area contributed by atoms with Crippen molar-refractivity contribution in [3.05, 3.63) is 89.0 Å². The van der Waals surface area contributed by atoms with E-state index in [-0.39, 0.29) is 16.0 Å². The number of carbonyl (C=O) groups excluding carboxylic acids is 1. The number of rotatable bonds is 6. The fourth-order valence-corrected chi connectivity index (χ4v) is 4.31. The van der Waals surface area contributed by atoms with Crippen LogP contribution in [0.3, 0.4) is 0 Å². The zero-order valence-electron chi connectivity index (χ0n) is 16.4. The smallest absolute Gasteiger partial charge is 0.261 e. The largest absolute Gasteiger partial charge is 0.345 e. The highest BCUT2D eigenvalue weighted by molar-refractivity contribution is 7.92. The van der Waals surface area contributed by atoms with E-state index in [0.29, 0.717) is 22.2 Å². The van der Waals surface area contributed by atoms with Gasteiger partial charge in [0, 0.05) is 23.3 Å². The number of terminal acetylenes is 1. The fraction of sp³-hybridized carbons (Fsp3) is 0.0435. The minimum absolute atomic E-state index is 0.113. The molecule has 0 atom stereocenters. The highest BCUT2D eigenvalue weighted by atomic mass is 32.2. The Morgan fingerprint density at radius 3 is 2.56 bits per heavy atom. The molecule has 2 N–H and O–H groups in total. The second-order valence-corrected chi connectivity index (χ2v) is 8.49. The second kappa shape index (κ2) is 8.24. The van der Waals surface area contributed by atoms with Crippen molar-refractivity contribution in [3.8, 4) is 12.3 Å². The summed E-state index contributed by atoms with van der Waals surface area (Å²) in [5.41, 5.74) is 0.460. The van der Waals surface area contributed by atoms with Crippen molar-refractivity contribution in [1.82, 2.24) is 9.97 Å². The van der Waals surface area contributed by atoms with Gasteiger partial charge in [0.25, 0.3) is 10.0 Å². The zero-order valence-corrected chi connectivity index (χ0v) is 17.2. The lowest BCUT2D eigenvalue weighted by Gasteiger charge is -2.11. The number of H-pyrrole nitrogens is 1. The van der Waals surface area contributed by atoms with Gasteiger partial charge in [-0.25, -0.2) is 22.2 Å². The molecular weight excluding hydrogens is 436 g/mol. The van der Waals surface area contributed by atoms with Gasteiger partial charge in [0.1, 0.15) is 12.3 Å². The summed E-state index contributed by atoms with van der Waals surface area (Å²) in [5, 5.41) is 0.373. The number of carbonyl (C=O) groups is 1. The predicted molar refractivity (Wildman–Crippen MR) is 116 cm³/mol. The number of anilines is 1. The summed E-state index contributed by atoms with van der Waals surface area (Å²) in [6, 6.07) is 10.4. The van der Waals surface area contributed by atoms with Crippen LogP contribution < -0.4 is 4.72 Å². The van der Waals surface area contributed by atoms with Crippen molar-refractivity contribution in [2.75, 3.05) is 4.72 Å². The molecule has 0 aliphatic rings. The lowest BCUT2D eigenvalue weighted by atomic mass is 10.00. The quantitative estimate of drug-likeness (QED) is 0.340. The van der Waals surface area contributed by atoms with Crippen LogP contribution in [-0.2, 0) is 16.7 Å². The van der Waals surface area contributed by atoms with E-state index in [1.807, 2.05) is 0 Å². The minimum Gasteiger partial charge on any atom is -0.345 e. The molecule has 6 nitrogen and oxygen atoms in total. The van der Waals surface area contributed by atoms with Gasteiger partial charge in [-0.05, 0) is 35.9 Å². The van der Waals surface area contributed by atoms with Crippen LogP contribution in [-0.4, -0.2) is 24.2 Å². The van der Waals surface area contributed by atoms with Crippen LogP contribution >= 0.6 is 0 Å². The first kappa shape index (κ1) is 21.2. The number of alkyl halides is 1. The lowest BCUT2D eigenvalue weighted by Crippen LogP contribution is -2.15. The Kier molecular flexibility index (Phi) is 5.47. The van der Waals surface area contributed by atoms with Crippen LogP contribution in [0.5, 0.6) is 0 Å². The first-order valence-electron chi connectivity index (χ1n) is 9.29. The Balaban J connectivity index is 1.72. The number of benzene rings is 2. The first-order chi connectivity index (χ1) is 15.4. The molecule has 0 saturated carbocycles. The highest BCUT2D eigenvalue weighted by Gasteiger charge is 2.23. The summed E-state index contributed by atoms with van der Waals surface area (Å²) >= 11 is 0. The van der Waals surface area contributed by atoms with E-state index >= 15 is 4.39 Å². The van der Waals surface area contributed by atoms with Crippen LogP contribution in [0, 0.1) is 18.2 Å².